The number of hydrogen-bond acceptors (Lipinski definition) is 4. The van der Waals surface area contributed by atoms with Crippen molar-refractivity contribution in [2.24, 2.45) is 0 Å². The molecule has 17 heavy (non-hydrogen) atoms. The van der Waals surface area contributed by atoms with Crippen LogP contribution < -0.4 is 0 Å². The molecule has 0 spiro atoms. The molecule has 0 aliphatic rings. The van der Waals surface area contributed by atoms with Gasteiger partial charge in [0.05, 0.1) is 6.61 Å². The van der Waals surface area contributed by atoms with Crippen LogP contribution in [0.25, 0.3) is 6.08 Å². The fraction of sp³-hybridized carbons (Fsp3) is 0.333. The highest BCUT2D eigenvalue weighted by Crippen LogP contribution is 2.15. The molecule has 0 aromatic heterocycles. The summed E-state index contributed by atoms with van der Waals surface area (Å²) < 4.78 is 21.2. The molecule has 0 heterocycles. The summed E-state index contributed by atoms with van der Waals surface area (Å²) in [6, 6.07) is 7.84. The van der Waals surface area contributed by atoms with E-state index in [0.29, 0.717) is 6.61 Å². The lowest BCUT2D eigenvalue weighted by Crippen LogP contribution is -2.46. The van der Waals surface area contributed by atoms with E-state index in [1.807, 2.05) is 24.3 Å². The van der Waals surface area contributed by atoms with Gasteiger partial charge in [0.15, 0.2) is 0 Å². The summed E-state index contributed by atoms with van der Waals surface area (Å²) in [5.74, 6) is 0. The maximum absolute atomic E-state index is 5.63. The van der Waals surface area contributed by atoms with Gasteiger partial charge in [-0.1, -0.05) is 36.9 Å². The fourth-order valence-corrected chi connectivity index (χ4v) is 2.64. The van der Waals surface area contributed by atoms with Gasteiger partial charge in [-0.05, 0) is 11.1 Å². The highest BCUT2D eigenvalue weighted by atomic mass is 28.4. The molecule has 1 rings (SSSR count). The lowest BCUT2D eigenvalue weighted by atomic mass is 10.1. The van der Waals surface area contributed by atoms with Crippen LogP contribution >= 0.6 is 0 Å². The minimum atomic E-state index is -2.97. The molecule has 0 aliphatic carbocycles. The Morgan fingerprint density at radius 2 is 1.71 bits per heavy atom. The zero-order chi connectivity index (χ0) is 12.7. The van der Waals surface area contributed by atoms with Crippen LogP contribution in [0, 0.1) is 0 Å². The molecular weight excluding hydrogens is 236 g/mol. The largest absolute Gasteiger partial charge is 0.679 e. The predicted molar refractivity (Wildman–Crippen MR) is 68.1 cm³/mol. The monoisotopic (exact) mass is 254 g/mol. The van der Waals surface area contributed by atoms with Gasteiger partial charge in [-0.15, -0.1) is 0 Å². The van der Waals surface area contributed by atoms with Gasteiger partial charge in [0, 0.05) is 21.3 Å². The lowest BCUT2D eigenvalue weighted by molar-refractivity contribution is 0.000595. The van der Waals surface area contributed by atoms with Crippen molar-refractivity contribution in [3.05, 3.63) is 42.0 Å². The minimum Gasteiger partial charge on any atom is -0.355 e. The number of benzene rings is 1. The van der Waals surface area contributed by atoms with Crippen LogP contribution in [-0.4, -0.2) is 30.4 Å². The van der Waals surface area contributed by atoms with E-state index in [2.05, 4.69) is 6.58 Å². The maximum atomic E-state index is 5.63. The molecule has 0 unspecified atom stereocenters. The van der Waals surface area contributed by atoms with E-state index in [0.717, 1.165) is 11.1 Å². The molecule has 4 nitrogen and oxygen atoms in total. The van der Waals surface area contributed by atoms with E-state index in [4.69, 9.17) is 17.7 Å². The predicted octanol–water partition coefficient (Wildman–Crippen LogP) is 2.22. The summed E-state index contributed by atoms with van der Waals surface area (Å²) in [5, 5.41) is 0. The van der Waals surface area contributed by atoms with Crippen molar-refractivity contribution in [1.29, 1.82) is 0 Å². The molecule has 1 aromatic carbocycles. The summed E-state index contributed by atoms with van der Waals surface area (Å²) >= 11 is 0. The maximum Gasteiger partial charge on any atom is 0.679 e. The van der Waals surface area contributed by atoms with Gasteiger partial charge in [0.25, 0.3) is 0 Å². The molecule has 0 amide bonds. The van der Waals surface area contributed by atoms with Crippen molar-refractivity contribution in [3.63, 3.8) is 0 Å². The van der Waals surface area contributed by atoms with Gasteiger partial charge >= 0.3 is 9.05 Å². The summed E-state index contributed by atoms with van der Waals surface area (Å²) in [5.41, 5.74) is 2.05. The van der Waals surface area contributed by atoms with E-state index in [1.54, 1.807) is 6.08 Å². The standard InChI is InChI=1S/C12H18O4Si/c1-5-11-8-6-7-9-12(11)10-16-17(13-2,14-3)15-4/h5-9H,1,10H2,2-4H3. The summed E-state index contributed by atoms with van der Waals surface area (Å²) in [6.45, 7) is 4.12. The molecule has 0 atom stereocenters. The first kappa shape index (κ1) is 14.1. The Morgan fingerprint density at radius 1 is 1.12 bits per heavy atom. The number of hydrogen-bond donors (Lipinski definition) is 0. The van der Waals surface area contributed by atoms with E-state index < -0.39 is 9.05 Å². The molecular formula is C12H18O4Si. The normalized spacial score (nSPS) is 11.5. The van der Waals surface area contributed by atoms with Gasteiger partial charge in [0.2, 0.25) is 0 Å². The third kappa shape index (κ3) is 3.49. The van der Waals surface area contributed by atoms with E-state index in [1.165, 1.54) is 21.3 Å². The zero-order valence-electron chi connectivity index (χ0n) is 10.4. The second kappa shape index (κ2) is 6.68. The molecule has 0 N–H and O–H groups in total. The summed E-state index contributed by atoms with van der Waals surface area (Å²) in [4.78, 5) is 0. The first-order valence-corrected chi connectivity index (χ1v) is 6.84. The molecule has 1 aromatic rings. The summed E-state index contributed by atoms with van der Waals surface area (Å²) in [6.07, 6.45) is 1.79. The van der Waals surface area contributed by atoms with E-state index in [-0.39, 0.29) is 0 Å². The Morgan fingerprint density at radius 3 is 2.24 bits per heavy atom. The third-order valence-corrected chi connectivity index (χ3v) is 4.43. The zero-order valence-corrected chi connectivity index (χ0v) is 11.4. The van der Waals surface area contributed by atoms with Crippen molar-refractivity contribution in [1.82, 2.24) is 0 Å². The topological polar surface area (TPSA) is 36.9 Å². The Balaban J connectivity index is 2.75. The molecule has 0 saturated heterocycles. The Labute approximate surface area is 103 Å². The van der Waals surface area contributed by atoms with E-state index in [9.17, 15) is 0 Å². The smallest absolute Gasteiger partial charge is 0.355 e. The van der Waals surface area contributed by atoms with Crippen molar-refractivity contribution >= 4 is 15.1 Å². The summed E-state index contributed by atoms with van der Waals surface area (Å²) in [7, 11) is 1.57. The van der Waals surface area contributed by atoms with Crippen molar-refractivity contribution in [2.45, 2.75) is 6.61 Å². The Bertz CT molecular complexity index is 355. The van der Waals surface area contributed by atoms with Crippen LogP contribution in [0.1, 0.15) is 11.1 Å². The van der Waals surface area contributed by atoms with Crippen molar-refractivity contribution in [2.75, 3.05) is 21.3 Å². The highest BCUT2D eigenvalue weighted by Gasteiger charge is 2.42. The third-order valence-electron chi connectivity index (χ3n) is 2.43. The van der Waals surface area contributed by atoms with Crippen LogP contribution in [0.4, 0.5) is 0 Å². The minimum absolute atomic E-state index is 0.365. The van der Waals surface area contributed by atoms with Crippen molar-refractivity contribution in [3.8, 4) is 0 Å². The van der Waals surface area contributed by atoms with Gasteiger partial charge in [-0.25, -0.2) is 0 Å². The molecule has 94 valence electrons. The molecule has 0 aliphatic heterocycles. The Kier molecular flexibility index (Phi) is 5.53. The molecule has 0 radical (unpaired) electrons. The highest BCUT2D eigenvalue weighted by molar-refractivity contribution is 6.53. The quantitative estimate of drug-likeness (QED) is 0.699. The van der Waals surface area contributed by atoms with Crippen LogP contribution in [0.5, 0.6) is 0 Å². The second-order valence-electron chi connectivity index (χ2n) is 3.30. The Hall–Kier alpha value is -0.983. The van der Waals surface area contributed by atoms with Gasteiger partial charge < -0.3 is 17.7 Å². The first-order valence-electron chi connectivity index (χ1n) is 5.21. The second-order valence-corrected chi connectivity index (χ2v) is 5.82. The van der Waals surface area contributed by atoms with Gasteiger partial charge in [-0.2, -0.15) is 0 Å². The van der Waals surface area contributed by atoms with E-state index >= 15 is 0 Å². The van der Waals surface area contributed by atoms with Crippen LogP contribution in [0.3, 0.4) is 0 Å². The van der Waals surface area contributed by atoms with Crippen molar-refractivity contribution < 1.29 is 17.7 Å². The molecule has 0 bridgehead atoms. The fourth-order valence-electron chi connectivity index (χ4n) is 1.46. The average Bonchev–Trinajstić information content (AvgIpc) is 2.41. The average molecular weight is 254 g/mol. The molecule has 0 saturated carbocycles. The van der Waals surface area contributed by atoms with Gasteiger partial charge in [0.1, 0.15) is 0 Å². The van der Waals surface area contributed by atoms with Gasteiger partial charge in [-0.3, -0.25) is 0 Å². The lowest BCUT2D eigenvalue weighted by Gasteiger charge is -2.23. The molecule has 5 heteroatoms. The van der Waals surface area contributed by atoms with Crippen LogP contribution in [0.15, 0.2) is 30.8 Å². The van der Waals surface area contributed by atoms with Crippen LogP contribution in [0.2, 0.25) is 0 Å². The van der Waals surface area contributed by atoms with Crippen LogP contribution in [-0.2, 0) is 24.3 Å². The SMILES string of the molecule is C=Cc1ccccc1CO[Si](OC)(OC)OC. The molecule has 0 fully saturated rings. The number of rotatable bonds is 7. The first-order chi connectivity index (χ1) is 8.21.